The molecule has 0 saturated carbocycles. The van der Waals surface area contributed by atoms with Gasteiger partial charge in [0.1, 0.15) is 11.4 Å². The molecular formula is C9H15N2OS2+. The highest BCUT2D eigenvalue weighted by Crippen LogP contribution is 2.00. The molecule has 5 heteroatoms. The van der Waals surface area contributed by atoms with Gasteiger partial charge in [0.2, 0.25) is 0 Å². The van der Waals surface area contributed by atoms with Crippen molar-refractivity contribution in [3.8, 4) is 0 Å². The number of nitrogens with zero attached hydrogens (tertiary/aromatic N) is 1. The molecule has 0 aliphatic carbocycles. The van der Waals surface area contributed by atoms with Crippen LogP contribution in [0.3, 0.4) is 0 Å². The van der Waals surface area contributed by atoms with E-state index in [-0.39, 0.29) is 5.91 Å². The standard InChI is InChI=1S/C9H14N2OS2/c1-14(2)5-3-4-10-9(12)8-6-13-7-11-8/h6-7H,3-5H2,1-2H3/p+1. The van der Waals surface area contributed by atoms with Gasteiger partial charge in [0.25, 0.3) is 5.91 Å². The fourth-order valence-corrected chi connectivity index (χ4v) is 2.23. The Balaban J connectivity index is 2.16. The van der Waals surface area contributed by atoms with Crippen molar-refractivity contribution < 1.29 is 4.79 Å². The Hall–Kier alpha value is -0.550. The molecule has 14 heavy (non-hydrogen) atoms. The minimum Gasteiger partial charge on any atom is -0.350 e. The van der Waals surface area contributed by atoms with Gasteiger partial charge in [0.15, 0.2) is 0 Å². The average Bonchev–Trinajstić information content (AvgIpc) is 2.64. The summed E-state index contributed by atoms with van der Waals surface area (Å²) >= 11 is 1.44. The number of hydrogen-bond donors (Lipinski definition) is 1. The van der Waals surface area contributed by atoms with E-state index in [9.17, 15) is 4.79 Å². The number of carbonyl (C=O) groups is 1. The third-order valence-corrected chi connectivity index (χ3v) is 3.37. The van der Waals surface area contributed by atoms with Crippen molar-refractivity contribution >= 4 is 28.1 Å². The molecule has 0 unspecified atom stereocenters. The van der Waals surface area contributed by atoms with Crippen molar-refractivity contribution in [1.82, 2.24) is 10.3 Å². The second kappa shape index (κ2) is 6.03. The molecule has 0 atom stereocenters. The summed E-state index contributed by atoms with van der Waals surface area (Å²) in [6.07, 6.45) is 5.47. The first-order valence-electron chi connectivity index (χ1n) is 4.40. The van der Waals surface area contributed by atoms with E-state index >= 15 is 0 Å². The molecule has 1 rings (SSSR count). The van der Waals surface area contributed by atoms with Gasteiger partial charge in [-0.2, -0.15) is 0 Å². The Kier molecular flexibility index (Phi) is 4.97. The summed E-state index contributed by atoms with van der Waals surface area (Å²) in [6.45, 7) is 0.752. The molecule has 1 N–H and O–H groups in total. The van der Waals surface area contributed by atoms with E-state index in [1.165, 1.54) is 17.1 Å². The van der Waals surface area contributed by atoms with Crippen molar-refractivity contribution in [2.24, 2.45) is 0 Å². The van der Waals surface area contributed by atoms with Crippen LogP contribution >= 0.6 is 11.3 Å². The zero-order valence-electron chi connectivity index (χ0n) is 8.45. The first-order chi connectivity index (χ1) is 6.70. The highest BCUT2D eigenvalue weighted by Gasteiger charge is 2.07. The maximum Gasteiger partial charge on any atom is 0.270 e. The Bertz CT molecular complexity index is 272. The molecular weight excluding hydrogens is 216 g/mol. The molecule has 0 bridgehead atoms. The highest BCUT2D eigenvalue weighted by atomic mass is 32.2. The topological polar surface area (TPSA) is 42.0 Å². The predicted octanol–water partition coefficient (Wildman–Crippen LogP) is 1.14. The molecule has 0 radical (unpaired) electrons. The van der Waals surface area contributed by atoms with Gasteiger partial charge in [0, 0.05) is 18.3 Å². The number of thiazole rings is 1. The lowest BCUT2D eigenvalue weighted by molar-refractivity contribution is 0.0949. The lowest BCUT2D eigenvalue weighted by atomic mass is 10.4. The number of carbonyl (C=O) groups excluding carboxylic acids is 1. The molecule has 1 aromatic rings. The van der Waals surface area contributed by atoms with Gasteiger partial charge in [-0.3, -0.25) is 4.79 Å². The number of nitrogens with one attached hydrogen (secondary N) is 1. The fourth-order valence-electron chi connectivity index (χ4n) is 0.978. The molecule has 1 aromatic heterocycles. The summed E-state index contributed by atoms with van der Waals surface area (Å²) in [5.41, 5.74) is 2.20. The van der Waals surface area contributed by atoms with Crippen LogP contribution in [0.1, 0.15) is 16.9 Å². The smallest absolute Gasteiger partial charge is 0.270 e. The van der Waals surface area contributed by atoms with E-state index in [2.05, 4.69) is 22.8 Å². The highest BCUT2D eigenvalue weighted by molar-refractivity contribution is 7.95. The summed E-state index contributed by atoms with van der Waals surface area (Å²) in [4.78, 5) is 15.3. The summed E-state index contributed by atoms with van der Waals surface area (Å²) < 4.78 is 0. The quantitative estimate of drug-likeness (QED) is 0.610. The molecule has 0 aromatic carbocycles. The zero-order valence-corrected chi connectivity index (χ0v) is 10.1. The lowest BCUT2D eigenvalue weighted by Crippen LogP contribution is -2.25. The minimum atomic E-state index is -0.0571. The Morgan fingerprint density at radius 2 is 2.43 bits per heavy atom. The Morgan fingerprint density at radius 3 is 3.00 bits per heavy atom. The Morgan fingerprint density at radius 1 is 1.64 bits per heavy atom. The monoisotopic (exact) mass is 231 g/mol. The van der Waals surface area contributed by atoms with E-state index < -0.39 is 0 Å². The van der Waals surface area contributed by atoms with E-state index in [0.29, 0.717) is 16.6 Å². The first kappa shape index (κ1) is 11.5. The van der Waals surface area contributed by atoms with Crippen molar-refractivity contribution in [2.75, 3.05) is 24.8 Å². The second-order valence-electron chi connectivity index (χ2n) is 3.17. The number of amides is 1. The van der Waals surface area contributed by atoms with Crippen LogP contribution in [0, 0.1) is 0 Å². The van der Waals surface area contributed by atoms with Crippen LogP contribution < -0.4 is 5.32 Å². The van der Waals surface area contributed by atoms with Crippen molar-refractivity contribution in [2.45, 2.75) is 6.42 Å². The molecule has 1 heterocycles. The van der Waals surface area contributed by atoms with E-state index in [4.69, 9.17) is 0 Å². The van der Waals surface area contributed by atoms with Gasteiger partial charge in [0.05, 0.1) is 18.0 Å². The Labute approximate surface area is 91.3 Å². The SMILES string of the molecule is C[S+](C)CCCNC(=O)c1cscn1. The molecule has 1 amide bonds. The fraction of sp³-hybridized carbons (Fsp3) is 0.556. The van der Waals surface area contributed by atoms with Crippen LogP contribution in [-0.4, -0.2) is 35.7 Å². The van der Waals surface area contributed by atoms with Crippen LogP contribution in [0.2, 0.25) is 0 Å². The molecule has 3 nitrogen and oxygen atoms in total. The number of rotatable bonds is 5. The maximum atomic E-state index is 11.4. The van der Waals surface area contributed by atoms with E-state index in [1.807, 2.05) is 0 Å². The molecule has 0 aliphatic heterocycles. The van der Waals surface area contributed by atoms with Gasteiger partial charge in [-0.25, -0.2) is 4.98 Å². The molecule has 0 fully saturated rings. The van der Waals surface area contributed by atoms with Crippen LogP contribution in [0.25, 0.3) is 0 Å². The van der Waals surface area contributed by atoms with Gasteiger partial charge < -0.3 is 5.32 Å². The van der Waals surface area contributed by atoms with Crippen LogP contribution in [0.5, 0.6) is 0 Å². The van der Waals surface area contributed by atoms with Gasteiger partial charge in [-0.05, 0) is 10.9 Å². The summed E-state index contributed by atoms with van der Waals surface area (Å²) in [6, 6.07) is 0. The normalized spacial score (nSPS) is 10.5. The van der Waals surface area contributed by atoms with E-state index in [0.717, 1.165) is 13.0 Å². The first-order valence-corrected chi connectivity index (χ1v) is 7.56. The molecule has 0 aliphatic rings. The number of aromatic nitrogens is 1. The van der Waals surface area contributed by atoms with Crippen LogP contribution in [0.15, 0.2) is 10.9 Å². The average molecular weight is 231 g/mol. The van der Waals surface area contributed by atoms with Crippen molar-refractivity contribution in [1.29, 1.82) is 0 Å². The molecule has 0 spiro atoms. The second-order valence-corrected chi connectivity index (χ2v) is 6.27. The van der Waals surface area contributed by atoms with Gasteiger partial charge in [-0.15, -0.1) is 11.3 Å². The minimum absolute atomic E-state index is 0.0571. The third kappa shape index (κ3) is 4.11. The summed E-state index contributed by atoms with van der Waals surface area (Å²) in [5, 5.41) is 4.61. The zero-order chi connectivity index (χ0) is 10.4. The largest absolute Gasteiger partial charge is 0.350 e. The van der Waals surface area contributed by atoms with Gasteiger partial charge in [-0.1, -0.05) is 0 Å². The number of hydrogen-bond acceptors (Lipinski definition) is 3. The van der Waals surface area contributed by atoms with Crippen molar-refractivity contribution in [3.05, 3.63) is 16.6 Å². The third-order valence-electron chi connectivity index (χ3n) is 1.68. The van der Waals surface area contributed by atoms with E-state index in [1.54, 1.807) is 10.9 Å². The van der Waals surface area contributed by atoms with Gasteiger partial charge >= 0.3 is 0 Å². The summed E-state index contributed by atoms with van der Waals surface area (Å²) in [5.74, 6) is 1.12. The van der Waals surface area contributed by atoms with Crippen LogP contribution in [-0.2, 0) is 10.9 Å². The lowest BCUT2D eigenvalue weighted by Gasteiger charge is -2.01. The van der Waals surface area contributed by atoms with Crippen LogP contribution in [0.4, 0.5) is 0 Å². The predicted molar refractivity (Wildman–Crippen MR) is 63.1 cm³/mol. The molecule has 78 valence electrons. The van der Waals surface area contributed by atoms with Crippen molar-refractivity contribution in [3.63, 3.8) is 0 Å². The summed E-state index contributed by atoms with van der Waals surface area (Å²) in [7, 11) is 0.468. The maximum absolute atomic E-state index is 11.4. The molecule has 0 saturated heterocycles.